The molecule has 2 N–H and O–H groups in total. The van der Waals surface area contributed by atoms with E-state index in [0.29, 0.717) is 16.9 Å². The molecule has 2 unspecified atom stereocenters. The van der Waals surface area contributed by atoms with Gasteiger partial charge in [-0.3, -0.25) is 0 Å². The molecule has 0 fully saturated rings. The van der Waals surface area contributed by atoms with Crippen LogP contribution in [0.15, 0.2) is 54.6 Å². The Kier molecular flexibility index (Phi) is 7.06. The van der Waals surface area contributed by atoms with E-state index in [9.17, 15) is 23.1 Å². The van der Waals surface area contributed by atoms with E-state index in [4.69, 9.17) is 9.47 Å². The molecule has 0 saturated carbocycles. The number of alkyl carbamates (subject to hydrolysis) is 1. The molecule has 0 aliphatic heterocycles. The van der Waals surface area contributed by atoms with Crippen LogP contribution in [0.25, 0.3) is 0 Å². The van der Waals surface area contributed by atoms with Crippen molar-refractivity contribution >= 4 is 6.09 Å². The average molecular weight is 383 g/mol. The number of ether oxygens (including phenoxy) is 2. The number of methoxy groups -OCH3 is 1. The van der Waals surface area contributed by atoms with Gasteiger partial charge in [-0.15, -0.1) is 0 Å². The monoisotopic (exact) mass is 383 g/mol. The highest BCUT2D eigenvalue weighted by atomic mass is 19.4. The van der Waals surface area contributed by atoms with Gasteiger partial charge in [-0.25, -0.2) is 4.79 Å². The molecule has 27 heavy (non-hydrogen) atoms. The molecule has 0 heterocycles. The van der Waals surface area contributed by atoms with Crippen molar-refractivity contribution in [2.45, 2.75) is 31.3 Å². The Morgan fingerprint density at radius 3 is 2.26 bits per heavy atom. The fourth-order valence-electron chi connectivity index (χ4n) is 2.40. The van der Waals surface area contributed by atoms with Crippen LogP contribution in [0.1, 0.15) is 11.1 Å². The smallest absolute Gasteiger partial charge is 0.416 e. The summed E-state index contributed by atoms with van der Waals surface area (Å²) in [5.41, 5.74) is 1.18. The highest BCUT2D eigenvalue weighted by molar-refractivity contribution is 5.67. The molecule has 1 amide bonds. The molecule has 2 aromatic carbocycles. The molecule has 2 aromatic rings. The van der Waals surface area contributed by atoms with Crippen LogP contribution in [0, 0.1) is 0 Å². The summed E-state index contributed by atoms with van der Waals surface area (Å²) in [6.07, 6.45) is -8.89. The van der Waals surface area contributed by atoms with E-state index >= 15 is 0 Å². The fraction of sp³-hybridized carbons (Fsp3) is 0.316. The Balaban J connectivity index is 2.03. The highest BCUT2D eigenvalue weighted by Crippen LogP contribution is 2.24. The van der Waals surface area contributed by atoms with E-state index in [1.165, 1.54) is 7.11 Å². The van der Waals surface area contributed by atoms with Gasteiger partial charge in [0.1, 0.15) is 12.4 Å². The van der Waals surface area contributed by atoms with Crippen molar-refractivity contribution in [3.63, 3.8) is 0 Å². The van der Waals surface area contributed by atoms with Gasteiger partial charge in [-0.2, -0.15) is 13.2 Å². The number of hydrogen-bond acceptors (Lipinski definition) is 4. The SMILES string of the molecule is COc1ccc(CC(NC(=O)OCc2ccccc2)C(O)C(F)(F)F)cc1. The number of hydrogen-bond donors (Lipinski definition) is 2. The molecule has 0 aromatic heterocycles. The molecule has 2 rings (SSSR count). The minimum Gasteiger partial charge on any atom is -0.497 e. The zero-order chi connectivity index (χ0) is 19.9. The Hall–Kier alpha value is -2.74. The molecule has 0 aliphatic rings. The van der Waals surface area contributed by atoms with Crippen molar-refractivity contribution in [2.75, 3.05) is 7.11 Å². The van der Waals surface area contributed by atoms with Gasteiger partial charge in [0.2, 0.25) is 0 Å². The number of rotatable bonds is 7. The zero-order valence-electron chi connectivity index (χ0n) is 14.6. The third-order valence-electron chi connectivity index (χ3n) is 3.85. The number of aliphatic hydroxyl groups excluding tert-OH is 1. The third kappa shape index (κ3) is 6.49. The molecule has 0 spiro atoms. The summed E-state index contributed by atoms with van der Waals surface area (Å²) in [6, 6.07) is 13.4. The largest absolute Gasteiger partial charge is 0.497 e. The van der Waals surface area contributed by atoms with Crippen molar-refractivity contribution in [1.82, 2.24) is 5.32 Å². The van der Waals surface area contributed by atoms with E-state index in [1.807, 2.05) is 0 Å². The van der Waals surface area contributed by atoms with Crippen molar-refractivity contribution in [1.29, 1.82) is 0 Å². The van der Waals surface area contributed by atoms with Crippen molar-refractivity contribution in [3.8, 4) is 5.75 Å². The van der Waals surface area contributed by atoms with Crippen LogP contribution >= 0.6 is 0 Å². The highest BCUT2D eigenvalue weighted by Gasteiger charge is 2.44. The van der Waals surface area contributed by atoms with E-state index in [2.05, 4.69) is 5.32 Å². The predicted molar refractivity (Wildman–Crippen MR) is 92.3 cm³/mol. The van der Waals surface area contributed by atoms with Gasteiger partial charge in [-0.1, -0.05) is 42.5 Å². The fourth-order valence-corrected chi connectivity index (χ4v) is 2.40. The van der Waals surface area contributed by atoms with Crippen LogP contribution in [0.2, 0.25) is 0 Å². The lowest BCUT2D eigenvalue weighted by atomic mass is 10.0. The summed E-state index contributed by atoms with van der Waals surface area (Å²) < 4.78 is 48.8. The van der Waals surface area contributed by atoms with Gasteiger partial charge in [0.25, 0.3) is 0 Å². The van der Waals surface area contributed by atoms with E-state index in [-0.39, 0.29) is 13.0 Å². The number of amides is 1. The van der Waals surface area contributed by atoms with Gasteiger partial charge in [-0.05, 0) is 29.7 Å². The Morgan fingerprint density at radius 1 is 1.07 bits per heavy atom. The molecule has 146 valence electrons. The zero-order valence-corrected chi connectivity index (χ0v) is 14.6. The minimum atomic E-state index is -4.89. The quantitative estimate of drug-likeness (QED) is 0.769. The Bertz CT molecular complexity index is 720. The second-order valence-corrected chi connectivity index (χ2v) is 5.85. The van der Waals surface area contributed by atoms with Crippen LogP contribution in [0.5, 0.6) is 5.75 Å². The molecular formula is C19H20F3NO4. The number of alkyl halides is 3. The van der Waals surface area contributed by atoms with Gasteiger partial charge in [0, 0.05) is 0 Å². The summed E-state index contributed by atoms with van der Waals surface area (Å²) in [5.74, 6) is 0.543. The van der Waals surface area contributed by atoms with Crippen LogP contribution in [0.3, 0.4) is 0 Å². The second kappa shape index (κ2) is 9.27. The number of benzene rings is 2. The maximum atomic E-state index is 13.0. The van der Waals surface area contributed by atoms with Gasteiger partial charge < -0.3 is 19.9 Å². The number of aliphatic hydroxyl groups is 1. The van der Waals surface area contributed by atoms with Gasteiger partial charge in [0.15, 0.2) is 6.10 Å². The number of nitrogens with one attached hydrogen (secondary N) is 1. The second-order valence-electron chi connectivity index (χ2n) is 5.85. The summed E-state index contributed by atoms with van der Waals surface area (Å²) in [5, 5.41) is 11.7. The standard InChI is InChI=1S/C19H20F3NO4/c1-26-15-9-7-13(8-10-15)11-16(17(24)19(20,21)22)23-18(25)27-12-14-5-3-2-4-6-14/h2-10,16-17,24H,11-12H2,1H3,(H,23,25). The van der Waals surface area contributed by atoms with E-state index in [0.717, 1.165) is 0 Å². The molecule has 5 nitrogen and oxygen atoms in total. The number of carbonyl (C=O) groups is 1. The number of carbonyl (C=O) groups excluding carboxylic acids is 1. The number of halogens is 3. The lowest BCUT2D eigenvalue weighted by molar-refractivity contribution is -0.211. The average Bonchev–Trinajstić information content (AvgIpc) is 2.66. The normalized spacial score (nSPS) is 13.5. The lowest BCUT2D eigenvalue weighted by Gasteiger charge is -2.25. The topological polar surface area (TPSA) is 67.8 Å². The molecule has 8 heteroatoms. The van der Waals surface area contributed by atoms with E-state index < -0.39 is 24.4 Å². The third-order valence-corrected chi connectivity index (χ3v) is 3.85. The maximum absolute atomic E-state index is 13.0. The van der Waals surface area contributed by atoms with Crippen molar-refractivity contribution in [2.24, 2.45) is 0 Å². The first-order valence-electron chi connectivity index (χ1n) is 8.14. The van der Waals surface area contributed by atoms with Crippen molar-refractivity contribution in [3.05, 3.63) is 65.7 Å². The minimum absolute atomic E-state index is 0.0932. The molecule has 0 saturated heterocycles. The summed E-state index contributed by atoms with van der Waals surface area (Å²) >= 11 is 0. The summed E-state index contributed by atoms with van der Waals surface area (Å²) in [4.78, 5) is 11.9. The molecule has 0 aliphatic carbocycles. The summed E-state index contributed by atoms with van der Waals surface area (Å²) in [7, 11) is 1.47. The molecule has 2 atom stereocenters. The Morgan fingerprint density at radius 2 is 1.70 bits per heavy atom. The predicted octanol–water partition coefficient (Wildman–Crippen LogP) is 3.46. The molecular weight excluding hydrogens is 363 g/mol. The Labute approximate surface area is 154 Å². The first kappa shape index (κ1) is 20.6. The maximum Gasteiger partial charge on any atom is 0.416 e. The van der Waals surface area contributed by atoms with Crippen molar-refractivity contribution < 1.29 is 32.5 Å². The van der Waals surface area contributed by atoms with E-state index in [1.54, 1.807) is 54.6 Å². The lowest BCUT2D eigenvalue weighted by Crippen LogP contribution is -2.51. The van der Waals surface area contributed by atoms with Crippen LogP contribution in [-0.2, 0) is 17.8 Å². The molecule has 0 bridgehead atoms. The van der Waals surface area contributed by atoms with Crippen LogP contribution in [-0.4, -0.2) is 36.6 Å². The van der Waals surface area contributed by atoms with Gasteiger partial charge >= 0.3 is 12.3 Å². The van der Waals surface area contributed by atoms with Crippen LogP contribution in [0.4, 0.5) is 18.0 Å². The van der Waals surface area contributed by atoms with Crippen LogP contribution < -0.4 is 10.1 Å². The van der Waals surface area contributed by atoms with Gasteiger partial charge in [0.05, 0.1) is 13.2 Å². The molecule has 0 radical (unpaired) electrons. The first-order chi connectivity index (χ1) is 12.8. The summed E-state index contributed by atoms with van der Waals surface area (Å²) in [6.45, 7) is -0.0932. The first-order valence-corrected chi connectivity index (χ1v) is 8.14.